The normalized spacial score (nSPS) is 13.4. The van der Waals surface area contributed by atoms with Crippen molar-refractivity contribution in [2.75, 3.05) is 18.7 Å². The van der Waals surface area contributed by atoms with E-state index in [4.69, 9.17) is 32.7 Å². The molecular formula is C22H18Cl2N2O6S. The molecule has 0 spiro atoms. The Bertz CT molecular complexity index is 1320. The molecule has 0 radical (unpaired) electrons. The molecule has 0 bridgehead atoms. The van der Waals surface area contributed by atoms with E-state index >= 15 is 0 Å². The summed E-state index contributed by atoms with van der Waals surface area (Å²) in [7, 11) is -4.13. The second-order valence-electron chi connectivity index (χ2n) is 7.05. The Hall–Kier alpha value is -2.98. The first kappa shape index (κ1) is 23.2. The third-order valence-electron chi connectivity index (χ3n) is 4.85. The van der Waals surface area contributed by atoms with E-state index in [2.05, 4.69) is 5.32 Å². The van der Waals surface area contributed by atoms with E-state index in [1.165, 1.54) is 18.2 Å². The molecule has 1 heterocycles. The van der Waals surface area contributed by atoms with Crippen LogP contribution in [0.15, 0.2) is 65.6 Å². The van der Waals surface area contributed by atoms with E-state index in [0.717, 1.165) is 0 Å². The Morgan fingerprint density at radius 1 is 1.00 bits per heavy atom. The highest BCUT2D eigenvalue weighted by Crippen LogP contribution is 2.35. The molecular weight excluding hydrogens is 491 g/mol. The van der Waals surface area contributed by atoms with Gasteiger partial charge in [0.2, 0.25) is 6.79 Å². The van der Waals surface area contributed by atoms with Crippen molar-refractivity contribution in [2.45, 2.75) is 11.0 Å². The molecule has 8 nitrogen and oxygen atoms in total. The minimum absolute atomic E-state index is 0.00141. The van der Waals surface area contributed by atoms with Gasteiger partial charge in [-0.25, -0.2) is 13.1 Å². The lowest BCUT2D eigenvalue weighted by Gasteiger charge is -2.18. The maximum absolute atomic E-state index is 12.6. The Labute approximate surface area is 200 Å². The molecule has 0 aromatic heterocycles. The summed E-state index contributed by atoms with van der Waals surface area (Å²) in [6.07, 6.45) is -1.12. The number of carbonyl (C=O) groups is 1. The van der Waals surface area contributed by atoms with Crippen LogP contribution in [0.1, 0.15) is 17.2 Å². The first-order chi connectivity index (χ1) is 15.7. The molecule has 172 valence electrons. The van der Waals surface area contributed by atoms with Crippen LogP contribution in [0.3, 0.4) is 0 Å². The van der Waals surface area contributed by atoms with Crippen molar-refractivity contribution in [3.8, 4) is 11.5 Å². The number of amides is 1. The summed E-state index contributed by atoms with van der Waals surface area (Å²) < 4.78 is 37.5. The van der Waals surface area contributed by atoms with E-state index in [-0.39, 0.29) is 24.0 Å². The van der Waals surface area contributed by atoms with Gasteiger partial charge in [-0.3, -0.25) is 4.79 Å². The maximum Gasteiger partial charge on any atom is 0.264 e. The van der Waals surface area contributed by atoms with E-state index in [1.807, 2.05) is 4.72 Å². The van der Waals surface area contributed by atoms with Crippen LogP contribution < -0.4 is 19.5 Å². The predicted molar refractivity (Wildman–Crippen MR) is 123 cm³/mol. The third kappa shape index (κ3) is 5.17. The molecule has 33 heavy (non-hydrogen) atoms. The van der Waals surface area contributed by atoms with Crippen LogP contribution in [0.5, 0.6) is 11.5 Å². The number of benzene rings is 3. The zero-order valence-electron chi connectivity index (χ0n) is 16.9. The molecule has 1 amide bonds. The highest BCUT2D eigenvalue weighted by atomic mass is 35.5. The summed E-state index contributed by atoms with van der Waals surface area (Å²) in [5, 5.41) is 14.4. The van der Waals surface area contributed by atoms with Crippen molar-refractivity contribution < 1.29 is 27.8 Å². The fraction of sp³-hybridized carbons (Fsp3) is 0.136. The van der Waals surface area contributed by atoms with Gasteiger partial charge in [-0.05, 0) is 36.4 Å². The quantitative estimate of drug-likeness (QED) is 0.445. The van der Waals surface area contributed by atoms with Gasteiger partial charge in [0.15, 0.2) is 11.5 Å². The Kier molecular flexibility index (Phi) is 6.66. The molecule has 4 rings (SSSR count). The fourth-order valence-electron chi connectivity index (χ4n) is 3.25. The van der Waals surface area contributed by atoms with Crippen molar-refractivity contribution >= 4 is 44.8 Å². The molecule has 1 atom stereocenters. The molecule has 0 saturated heterocycles. The third-order valence-corrected chi connectivity index (χ3v) is 6.80. The van der Waals surface area contributed by atoms with Crippen molar-refractivity contribution in [1.82, 2.24) is 4.72 Å². The number of carbonyl (C=O) groups excluding carboxylic acids is 1. The average Bonchev–Trinajstić information content (AvgIpc) is 3.26. The number of fused-ring (bicyclic) bond motifs is 1. The van der Waals surface area contributed by atoms with E-state index < -0.39 is 22.0 Å². The molecule has 3 aromatic carbocycles. The molecule has 1 aliphatic rings. The van der Waals surface area contributed by atoms with E-state index in [0.29, 0.717) is 32.6 Å². The minimum Gasteiger partial charge on any atom is -0.454 e. The molecule has 0 aliphatic carbocycles. The van der Waals surface area contributed by atoms with Gasteiger partial charge >= 0.3 is 0 Å². The number of ether oxygens (including phenoxy) is 2. The number of hydrogen-bond donors (Lipinski definition) is 3. The average molecular weight is 509 g/mol. The number of hydrogen-bond acceptors (Lipinski definition) is 7. The van der Waals surface area contributed by atoms with Crippen molar-refractivity contribution in [2.24, 2.45) is 0 Å². The summed E-state index contributed by atoms with van der Waals surface area (Å²) >= 11 is 12.3. The first-order valence-corrected chi connectivity index (χ1v) is 11.9. The van der Waals surface area contributed by atoms with Gasteiger partial charge < -0.3 is 19.9 Å². The lowest BCUT2D eigenvalue weighted by Crippen LogP contribution is -2.35. The number of aliphatic hydroxyl groups is 1. The first-order valence-electron chi connectivity index (χ1n) is 9.66. The zero-order valence-corrected chi connectivity index (χ0v) is 19.2. The van der Waals surface area contributed by atoms with Crippen LogP contribution in [-0.4, -0.2) is 32.8 Å². The van der Waals surface area contributed by atoms with Crippen LogP contribution in [0, 0.1) is 0 Å². The number of rotatable bonds is 7. The standard InChI is InChI=1S/C22H18Cl2N2O6S/c23-13-5-7-18(16(9-13)22(28)15-3-1-2-4-17(15)24)25-11-21(27)26-33(29,30)14-6-8-19-20(10-14)32-12-31-19/h1-10,22,25,28H,11-12H2,(H,26,27). The van der Waals surface area contributed by atoms with E-state index in [1.54, 1.807) is 42.5 Å². The monoisotopic (exact) mass is 508 g/mol. The van der Waals surface area contributed by atoms with Gasteiger partial charge in [-0.1, -0.05) is 41.4 Å². The smallest absolute Gasteiger partial charge is 0.264 e. The van der Waals surface area contributed by atoms with Crippen LogP contribution in [0.4, 0.5) is 5.69 Å². The van der Waals surface area contributed by atoms with Crippen LogP contribution in [-0.2, 0) is 14.8 Å². The van der Waals surface area contributed by atoms with Crippen molar-refractivity contribution in [3.63, 3.8) is 0 Å². The zero-order chi connectivity index (χ0) is 23.6. The summed E-state index contributed by atoms with van der Waals surface area (Å²) in [4.78, 5) is 12.3. The van der Waals surface area contributed by atoms with Crippen LogP contribution in [0.25, 0.3) is 0 Å². The summed E-state index contributed by atoms with van der Waals surface area (Å²) in [5.41, 5.74) is 1.23. The number of anilines is 1. The van der Waals surface area contributed by atoms with Crippen LogP contribution >= 0.6 is 23.2 Å². The highest BCUT2D eigenvalue weighted by Gasteiger charge is 2.23. The van der Waals surface area contributed by atoms with Crippen LogP contribution in [0.2, 0.25) is 10.0 Å². The SMILES string of the molecule is O=C(CNc1ccc(Cl)cc1C(O)c1ccccc1Cl)NS(=O)(=O)c1ccc2c(c1)OCO2. The molecule has 3 N–H and O–H groups in total. The summed E-state index contributed by atoms with van der Waals surface area (Å²) in [5.74, 6) is -0.0992. The van der Waals surface area contributed by atoms with Gasteiger partial charge in [0.05, 0.1) is 11.4 Å². The van der Waals surface area contributed by atoms with E-state index in [9.17, 15) is 18.3 Å². The number of halogens is 2. The lowest BCUT2D eigenvalue weighted by molar-refractivity contribution is -0.117. The van der Waals surface area contributed by atoms with Crippen molar-refractivity contribution in [1.29, 1.82) is 0 Å². The Balaban J connectivity index is 1.48. The molecule has 3 aromatic rings. The largest absolute Gasteiger partial charge is 0.454 e. The molecule has 11 heteroatoms. The summed E-state index contributed by atoms with van der Waals surface area (Å²) in [6, 6.07) is 15.5. The predicted octanol–water partition coefficient (Wildman–Crippen LogP) is 3.72. The summed E-state index contributed by atoms with van der Waals surface area (Å²) in [6.45, 7) is -0.383. The molecule has 0 saturated carbocycles. The lowest BCUT2D eigenvalue weighted by atomic mass is 9.99. The second kappa shape index (κ2) is 9.48. The number of aliphatic hydroxyl groups excluding tert-OH is 1. The van der Waals surface area contributed by atoms with Gasteiger partial charge in [0.1, 0.15) is 6.10 Å². The van der Waals surface area contributed by atoms with Crippen molar-refractivity contribution in [3.05, 3.63) is 81.8 Å². The maximum atomic E-state index is 12.6. The van der Waals surface area contributed by atoms with Gasteiger partial charge in [-0.2, -0.15) is 0 Å². The second-order valence-corrected chi connectivity index (χ2v) is 9.58. The highest BCUT2D eigenvalue weighted by molar-refractivity contribution is 7.90. The minimum atomic E-state index is -4.13. The van der Waals surface area contributed by atoms with Gasteiger partial charge in [0.25, 0.3) is 15.9 Å². The van der Waals surface area contributed by atoms with Gasteiger partial charge in [0, 0.05) is 32.9 Å². The molecule has 1 aliphatic heterocycles. The number of nitrogens with one attached hydrogen (secondary N) is 2. The Morgan fingerprint density at radius 3 is 2.55 bits per heavy atom. The van der Waals surface area contributed by atoms with Gasteiger partial charge in [-0.15, -0.1) is 0 Å². The fourth-order valence-corrected chi connectivity index (χ4v) is 4.67. The molecule has 0 fully saturated rings. The topological polar surface area (TPSA) is 114 Å². The number of sulfonamides is 1. The Morgan fingerprint density at radius 2 is 1.76 bits per heavy atom. The molecule has 1 unspecified atom stereocenters.